The summed E-state index contributed by atoms with van der Waals surface area (Å²) in [6, 6.07) is 0. The maximum Gasteiger partial charge on any atom is 0.139 e. The number of halogens is 1. The zero-order valence-electron chi connectivity index (χ0n) is 8.72. The molecule has 2 aliphatic rings. The minimum absolute atomic E-state index is 0. The van der Waals surface area contributed by atoms with Crippen molar-refractivity contribution < 1.29 is 4.79 Å². The minimum Gasteiger partial charge on any atom is -0.344 e. The maximum absolute atomic E-state index is 11.6. The standard InChI is InChI=1S/C10H16O.ClH.H3N/c1-9(2)7-4-5-10(9,3)8(11)6-7;;/h7H,4-6H2,1-3H3;1H;1H3. The fourth-order valence-corrected chi connectivity index (χ4v) is 2.90. The molecule has 0 saturated heterocycles. The topological polar surface area (TPSA) is 52.1 Å². The van der Waals surface area contributed by atoms with Gasteiger partial charge in [-0.2, -0.15) is 0 Å². The van der Waals surface area contributed by atoms with Crippen molar-refractivity contribution in [2.75, 3.05) is 0 Å². The van der Waals surface area contributed by atoms with Crippen LogP contribution in [0.1, 0.15) is 40.0 Å². The van der Waals surface area contributed by atoms with Gasteiger partial charge in [0.15, 0.2) is 0 Å². The summed E-state index contributed by atoms with van der Waals surface area (Å²) < 4.78 is 0. The quantitative estimate of drug-likeness (QED) is 0.661. The fraction of sp³-hybridized carbons (Fsp3) is 0.900. The highest BCUT2D eigenvalue weighted by atomic mass is 35.5. The second kappa shape index (κ2) is 3.25. The first-order valence-corrected chi connectivity index (χ1v) is 4.52. The van der Waals surface area contributed by atoms with Gasteiger partial charge in [0.1, 0.15) is 5.78 Å². The average molecular weight is 206 g/mol. The number of carbonyl (C=O) groups is 1. The van der Waals surface area contributed by atoms with E-state index in [2.05, 4.69) is 20.8 Å². The molecule has 2 rings (SSSR count). The van der Waals surface area contributed by atoms with Crippen LogP contribution in [-0.4, -0.2) is 5.78 Å². The lowest BCUT2D eigenvalue weighted by molar-refractivity contribution is -0.128. The van der Waals surface area contributed by atoms with Crippen LogP contribution in [0.15, 0.2) is 0 Å². The van der Waals surface area contributed by atoms with Crippen molar-refractivity contribution in [1.29, 1.82) is 0 Å². The Morgan fingerprint density at radius 1 is 1.31 bits per heavy atom. The number of ketones is 1. The molecule has 2 nitrogen and oxygen atoms in total. The molecule has 13 heavy (non-hydrogen) atoms. The lowest BCUT2D eigenvalue weighted by Gasteiger charge is -2.32. The Labute approximate surface area is 86.5 Å². The van der Waals surface area contributed by atoms with Gasteiger partial charge in [0.05, 0.1) is 0 Å². The Morgan fingerprint density at radius 3 is 2.00 bits per heavy atom. The molecule has 0 aromatic rings. The summed E-state index contributed by atoms with van der Waals surface area (Å²) in [4.78, 5) is 11.6. The summed E-state index contributed by atoms with van der Waals surface area (Å²) in [5, 5.41) is 0. The number of fused-ring (bicyclic) bond motifs is 2. The minimum atomic E-state index is 0. The van der Waals surface area contributed by atoms with Crippen molar-refractivity contribution in [3.63, 3.8) is 0 Å². The van der Waals surface area contributed by atoms with Crippen LogP contribution in [0.4, 0.5) is 0 Å². The normalized spacial score (nSPS) is 39.6. The Kier molecular flexibility index (Phi) is 3.23. The van der Waals surface area contributed by atoms with Crippen molar-refractivity contribution >= 4 is 18.2 Å². The SMILES string of the molecule is CC12CCC(CC1=O)C2(C)C.Cl.N. The molecular formula is C10H20ClNO. The number of carbonyl (C=O) groups excluding carboxylic acids is 1. The third kappa shape index (κ3) is 1.23. The van der Waals surface area contributed by atoms with Crippen LogP contribution in [0, 0.1) is 16.7 Å². The van der Waals surface area contributed by atoms with E-state index in [1.165, 1.54) is 6.42 Å². The third-order valence-corrected chi connectivity index (χ3v) is 4.48. The number of hydrogen-bond donors (Lipinski definition) is 1. The van der Waals surface area contributed by atoms with E-state index >= 15 is 0 Å². The molecule has 2 atom stereocenters. The highest BCUT2D eigenvalue weighted by Gasteiger charge is 2.61. The molecule has 2 bridgehead atoms. The Balaban J connectivity index is 0.000000720. The lowest BCUT2D eigenvalue weighted by atomic mass is 9.70. The first-order chi connectivity index (χ1) is 4.98. The predicted octanol–water partition coefficient (Wildman–Crippen LogP) is 2.99. The molecule has 0 heterocycles. The maximum atomic E-state index is 11.6. The monoisotopic (exact) mass is 205 g/mol. The van der Waals surface area contributed by atoms with E-state index in [0.717, 1.165) is 12.8 Å². The van der Waals surface area contributed by atoms with Crippen LogP contribution >= 0.6 is 12.4 Å². The van der Waals surface area contributed by atoms with Crippen LogP contribution < -0.4 is 6.15 Å². The Bertz CT molecular complexity index is 227. The van der Waals surface area contributed by atoms with Gasteiger partial charge in [0, 0.05) is 11.8 Å². The molecule has 3 N–H and O–H groups in total. The van der Waals surface area contributed by atoms with E-state index in [1.807, 2.05) is 0 Å². The van der Waals surface area contributed by atoms with Crippen molar-refractivity contribution in [3.05, 3.63) is 0 Å². The van der Waals surface area contributed by atoms with Gasteiger partial charge in [0.2, 0.25) is 0 Å². The highest BCUT2D eigenvalue weighted by Crippen LogP contribution is 2.63. The molecule has 0 spiro atoms. The van der Waals surface area contributed by atoms with Gasteiger partial charge in [-0.15, -0.1) is 12.4 Å². The lowest BCUT2D eigenvalue weighted by Crippen LogP contribution is -2.32. The van der Waals surface area contributed by atoms with E-state index in [0.29, 0.717) is 11.7 Å². The third-order valence-electron chi connectivity index (χ3n) is 4.48. The number of rotatable bonds is 0. The first-order valence-electron chi connectivity index (χ1n) is 4.52. The second-order valence-corrected chi connectivity index (χ2v) is 4.92. The number of hydrogen-bond acceptors (Lipinski definition) is 2. The van der Waals surface area contributed by atoms with Crippen LogP contribution in [0.25, 0.3) is 0 Å². The summed E-state index contributed by atoms with van der Waals surface area (Å²) in [6.07, 6.45) is 3.25. The summed E-state index contributed by atoms with van der Waals surface area (Å²) in [6.45, 7) is 6.67. The predicted molar refractivity (Wildman–Crippen MR) is 56.5 cm³/mol. The number of Topliss-reactive ketones (excluding diaryl/α,β-unsaturated/α-hetero) is 1. The average Bonchev–Trinajstić information content (AvgIpc) is 2.20. The summed E-state index contributed by atoms with van der Waals surface area (Å²) >= 11 is 0. The van der Waals surface area contributed by atoms with Gasteiger partial charge < -0.3 is 6.15 Å². The van der Waals surface area contributed by atoms with Crippen molar-refractivity contribution in [2.45, 2.75) is 40.0 Å². The molecule has 0 aromatic carbocycles. The molecule has 0 radical (unpaired) electrons. The molecule has 2 saturated carbocycles. The second-order valence-electron chi connectivity index (χ2n) is 4.92. The summed E-state index contributed by atoms with van der Waals surface area (Å²) in [5.41, 5.74) is 0.307. The van der Waals surface area contributed by atoms with Crippen LogP contribution in [-0.2, 0) is 4.79 Å². The summed E-state index contributed by atoms with van der Waals surface area (Å²) in [7, 11) is 0. The molecule has 2 fully saturated rings. The highest BCUT2D eigenvalue weighted by molar-refractivity contribution is 5.89. The molecule has 78 valence electrons. The van der Waals surface area contributed by atoms with E-state index < -0.39 is 0 Å². The van der Waals surface area contributed by atoms with Gasteiger partial charge in [-0.25, -0.2) is 0 Å². The summed E-state index contributed by atoms with van der Waals surface area (Å²) in [5.74, 6) is 1.19. The van der Waals surface area contributed by atoms with Gasteiger partial charge in [-0.05, 0) is 24.2 Å². The van der Waals surface area contributed by atoms with Crippen molar-refractivity contribution in [1.82, 2.24) is 6.15 Å². The van der Waals surface area contributed by atoms with Gasteiger partial charge >= 0.3 is 0 Å². The smallest absolute Gasteiger partial charge is 0.139 e. The Hall–Kier alpha value is -0.0800. The zero-order valence-corrected chi connectivity index (χ0v) is 9.54. The van der Waals surface area contributed by atoms with E-state index in [1.54, 1.807) is 0 Å². The van der Waals surface area contributed by atoms with Crippen LogP contribution in [0.2, 0.25) is 0 Å². The fourth-order valence-electron chi connectivity index (χ4n) is 2.90. The van der Waals surface area contributed by atoms with E-state index in [4.69, 9.17) is 0 Å². The molecule has 0 aromatic heterocycles. The zero-order chi connectivity index (χ0) is 8.28. The molecule has 0 amide bonds. The van der Waals surface area contributed by atoms with Crippen molar-refractivity contribution in [2.24, 2.45) is 16.7 Å². The molecule has 2 unspecified atom stereocenters. The van der Waals surface area contributed by atoms with Gasteiger partial charge in [0.25, 0.3) is 0 Å². The van der Waals surface area contributed by atoms with Crippen molar-refractivity contribution in [3.8, 4) is 0 Å². The van der Waals surface area contributed by atoms with Crippen LogP contribution in [0.3, 0.4) is 0 Å². The molecule has 2 aliphatic carbocycles. The van der Waals surface area contributed by atoms with Gasteiger partial charge in [-0.3, -0.25) is 4.79 Å². The molecule has 3 heteroatoms. The Morgan fingerprint density at radius 2 is 1.85 bits per heavy atom. The van der Waals surface area contributed by atoms with E-state index in [-0.39, 0.29) is 29.4 Å². The molecular weight excluding hydrogens is 186 g/mol. The first kappa shape index (κ1) is 12.9. The van der Waals surface area contributed by atoms with E-state index in [9.17, 15) is 4.79 Å². The molecule has 0 aliphatic heterocycles. The largest absolute Gasteiger partial charge is 0.344 e. The van der Waals surface area contributed by atoms with Crippen LogP contribution in [0.5, 0.6) is 0 Å². The van der Waals surface area contributed by atoms with Gasteiger partial charge in [-0.1, -0.05) is 20.8 Å².